The number of halogens is 1. The van der Waals surface area contributed by atoms with Crippen molar-refractivity contribution < 1.29 is 9.59 Å². The molecule has 0 radical (unpaired) electrons. The Morgan fingerprint density at radius 1 is 1.48 bits per heavy atom. The van der Waals surface area contributed by atoms with E-state index < -0.39 is 0 Å². The Morgan fingerprint density at radius 3 is 2.81 bits per heavy atom. The molecule has 1 heterocycles. The minimum atomic E-state index is 0.118. The van der Waals surface area contributed by atoms with E-state index in [1.54, 1.807) is 6.92 Å². The number of hydrogen-bond acceptors (Lipinski definition) is 3. The molecule has 3 nitrogen and oxygen atoms in total. The molecule has 1 aliphatic heterocycles. The van der Waals surface area contributed by atoms with Gasteiger partial charge < -0.3 is 4.90 Å². The Morgan fingerprint density at radius 2 is 2.19 bits per heavy atom. The molecule has 1 aromatic carbocycles. The number of carbonyl (C=O) groups is 2. The zero-order valence-electron chi connectivity index (χ0n) is 12.6. The third-order valence-electron chi connectivity index (χ3n) is 3.63. The fraction of sp³-hybridized carbons (Fsp3) is 0.500. The summed E-state index contributed by atoms with van der Waals surface area (Å²) in [5, 5.41) is 0.118. The van der Waals surface area contributed by atoms with E-state index in [9.17, 15) is 9.59 Å². The van der Waals surface area contributed by atoms with Crippen molar-refractivity contribution in [2.75, 3.05) is 17.2 Å². The monoisotopic (exact) mass is 369 g/mol. The fourth-order valence-corrected chi connectivity index (χ4v) is 3.67. The summed E-state index contributed by atoms with van der Waals surface area (Å²) < 4.78 is 1.03. The van der Waals surface area contributed by atoms with E-state index in [1.807, 2.05) is 17.0 Å². The number of benzene rings is 1. The van der Waals surface area contributed by atoms with Crippen LogP contribution in [0.3, 0.4) is 0 Å². The summed E-state index contributed by atoms with van der Waals surface area (Å²) in [5.74, 6) is 1.50. The highest BCUT2D eigenvalue weighted by atomic mass is 79.9. The Kier molecular flexibility index (Phi) is 5.49. The SMILES string of the molecule is CC(=O)SCC1CC(=O)N(c2ccc(Br)cc2C(C)C)C1. The van der Waals surface area contributed by atoms with Crippen molar-refractivity contribution in [2.45, 2.75) is 33.1 Å². The topological polar surface area (TPSA) is 37.4 Å². The van der Waals surface area contributed by atoms with Gasteiger partial charge in [-0.3, -0.25) is 9.59 Å². The van der Waals surface area contributed by atoms with Gasteiger partial charge in [0.05, 0.1) is 0 Å². The van der Waals surface area contributed by atoms with Gasteiger partial charge in [0.15, 0.2) is 5.12 Å². The normalized spacial score (nSPS) is 18.6. The average Bonchev–Trinajstić information content (AvgIpc) is 2.77. The Balaban J connectivity index is 2.19. The van der Waals surface area contributed by atoms with Crippen LogP contribution in [-0.2, 0) is 9.59 Å². The quantitative estimate of drug-likeness (QED) is 0.797. The summed E-state index contributed by atoms with van der Waals surface area (Å²) in [4.78, 5) is 25.3. The molecule has 2 rings (SSSR count). The molecule has 0 N–H and O–H groups in total. The van der Waals surface area contributed by atoms with Crippen molar-refractivity contribution >= 4 is 44.4 Å². The average molecular weight is 370 g/mol. The lowest BCUT2D eigenvalue weighted by molar-refractivity contribution is -0.117. The highest BCUT2D eigenvalue weighted by molar-refractivity contribution is 9.10. The van der Waals surface area contributed by atoms with E-state index in [1.165, 1.54) is 17.3 Å². The lowest BCUT2D eigenvalue weighted by Crippen LogP contribution is -2.26. The van der Waals surface area contributed by atoms with E-state index in [2.05, 4.69) is 35.8 Å². The molecule has 1 atom stereocenters. The van der Waals surface area contributed by atoms with Gasteiger partial charge in [-0.2, -0.15) is 0 Å². The van der Waals surface area contributed by atoms with E-state index in [4.69, 9.17) is 0 Å². The molecule has 0 aliphatic carbocycles. The second kappa shape index (κ2) is 6.97. The largest absolute Gasteiger partial charge is 0.312 e. The van der Waals surface area contributed by atoms with Crippen molar-refractivity contribution in [3.63, 3.8) is 0 Å². The van der Waals surface area contributed by atoms with Gasteiger partial charge in [-0.15, -0.1) is 0 Å². The van der Waals surface area contributed by atoms with Gasteiger partial charge in [-0.1, -0.05) is 41.5 Å². The molecule has 1 aliphatic rings. The molecule has 1 saturated heterocycles. The number of anilines is 1. The van der Waals surface area contributed by atoms with Crippen LogP contribution in [0.1, 0.15) is 38.7 Å². The number of amides is 1. The van der Waals surface area contributed by atoms with Gasteiger partial charge in [0, 0.05) is 35.8 Å². The first-order valence-corrected chi connectivity index (χ1v) is 8.89. The molecule has 114 valence electrons. The first-order valence-electron chi connectivity index (χ1n) is 7.11. The molecule has 1 aromatic rings. The Labute approximate surface area is 138 Å². The predicted molar refractivity (Wildman–Crippen MR) is 91.8 cm³/mol. The smallest absolute Gasteiger partial charge is 0.227 e. The predicted octanol–water partition coefficient (Wildman–Crippen LogP) is 4.21. The summed E-state index contributed by atoms with van der Waals surface area (Å²) in [7, 11) is 0. The summed E-state index contributed by atoms with van der Waals surface area (Å²) in [6, 6.07) is 6.08. The third-order valence-corrected chi connectivity index (χ3v) is 5.17. The molecule has 1 unspecified atom stereocenters. The van der Waals surface area contributed by atoms with Gasteiger partial charge in [0.2, 0.25) is 5.91 Å². The standard InChI is InChI=1S/C16H20BrNO2S/c1-10(2)14-7-13(17)4-5-15(14)18-8-12(6-16(18)20)9-21-11(3)19/h4-5,7,10,12H,6,8-9H2,1-3H3. The lowest BCUT2D eigenvalue weighted by atomic mass is 10.0. The van der Waals surface area contributed by atoms with Crippen molar-refractivity contribution in [3.05, 3.63) is 28.2 Å². The van der Waals surface area contributed by atoms with E-state index in [0.717, 1.165) is 15.9 Å². The van der Waals surface area contributed by atoms with Crippen LogP contribution in [0.4, 0.5) is 5.69 Å². The second-order valence-electron chi connectivity index (χ2n) is 5.73. The molecule has 0 spiro atoms. The highest BCUT2D eigenvalue weighted by Gasteiger charge is 2.32. The molecular weight excluding hydrogens is 350 g/mol. The van der Waals surface area contributed by atoms with Crippen LogP contribution in [0, 0.1) is 5.92 Å². The van der Waals surface area contributed by atoms with Crippen LogP contribution in [0.25, 0.3) is 0 Å². The maximum Gasteiger partial charge on any atom is 0.227 e. The van der Waals surface area contributed by atoms with Crippen LogP contribution in [0.15, 0.2) is 22.7 Å². The third kappa shape index (κ3) is 4.10. The van der Waals surface area contributed by atoms with Gasteiger partial charge in [-0.05, 0) is 35.6 Å². The maximum atomic E-state index is 12.3. The summed E-state index contributed by atoms with van der Waals surface area (Å²) in [6.07, 6.45) is 0.536. The number of rotatable bonds is 4. The molecule has 5 heteroatoms. The summed E-state index contributed by atoms with van der Waals surface area (Å²) >= 11 is 4.81. The molecule has 21 heavy (non-hydrogen) atoms. The number of nitrogens with zero attached hydrogens (tertiary/aromatic N) is 1. The van der Waals surface area contributed by atoms with Crippen molar-refractivity contribution in [3.8, 4) is 0 Å². The molecule has 0 saturated carbocycles. The van der Waals surface area contributed by atoms with E-state index >= 15 is 0 Å². The van der Waals surface area contributed by atoms with E-state index in [0.29, 0.717) is 18.9 Å². The highest BCUT2D eigenvalue weighted by Crippen LogP contribution is 2.34. The second-order valence-corrected chi connectivity index (χ2v) is 7.85. The van der Waals surface area contributed by atoms with Gasteiger partial charge in [0.1, 0.15) is 0 Å². The summed E-state index contributed by atoms with van der Waals surface area (Å²) in [5.41, 5.74) is 2.19. The molecule has 1 amide bonds. The molecular formula is C16H20BrNO2S. The molecule has 0 aromatic heterocycles. The Bertz CT molecular complexity index is 559. The van der Waals surface area contributed by atoms with Crippen LogP contribution < -0.4 is 4.90 Å². The van der Waals surface area contributed by atoms with Crippen molar-refractivity contribution in [1.29, 1.82) is 0 Å². The van der Waals surface area contributed by atoms with Crippen LogP contribution in [-0.4, -0.2) is 23.3 Å². The van der Waals surface area contributed by atoms with Crippen LogP contribution in [0.5, 0.6) is 0 Å². The number of thioether (sulfide) groups is 1. The Hall–Kier alpha value is -0.810. The van der Waals surface area contributed by atoms with Crippen LogP contribution >= 0.6 is 27.7 Å². The lowest BCUT2D eigenvalue weighted by Gasteiger charge is -2.22. The number of carbonyl (C=O) groups excluding carboxylic acids is 2. The zero-order chi connectivity index (χ0) is 15.6. The summed E-state index contributed by atoms with van der Waals surface area (Å²) in [6.45, 7) is 6.55. The minimum Gasteiger partial charge on any atom is -0.312 e. The molecule has 0 bridgehead atoms. The first kappa shape index (κ1) is 16.6. The van der Waals surface area contributed by atoms with Crippen LogP contribution in [0.2, 0.25) is 0 Å². The zero-order valence-corrected chi connectivity index (χ0v) is 15.0. The van der Waals surface area contributed by atoms with Gasteiger partial charge in [-0.25, -0.2) is 0 Å². The first-order chi connectivity index (χ1) is 9.88. The minimum absolute atomic E-state index is 0.118. The van der Waals surface area contributed by atoms with Gasteiger partial charge in [0.25, 0.3) is 0 Å². The van der Waals surface area contributed by atoms with Crippen molar-refractivity contribution in [2.24, 2.45) is 5.92 Å². The van der Waals surface area contributed by atoms with Crippen molar-refractivity contribution in [1.82, 2.24) is 0 Å². The maximum absolute atomic E-state index is 12.3. The van der Waals surface area contributed by atoms with Gasteiger partial charge >= 0.3 is 0 Å². The van der Waals surface area contributed by atoms with E-state index in [-0.39, 0.29) is 16.9 Å². The fourth-order valence-electron chi connectivity index (χ4n) is 2.59. The number of hydrogen-bond donors (Lipinski definition) is 0. The molecule has 1 fully saturated rings.